The van der Waals surface area contributed by atoms with Crippen molar-refractivity contribution in [3.63, 3.8) is 0 Å². The molecule has 1 rings (SSSR count). The maximum Gasteiger partial charge on any atom is 0.246 e. The summed E-state index contributed by atoms with van der Waals surface area (Å²) in [5.41, 5.74) is 0.124. The molecular formula is C15H29NO3. The van der Waals surface area contributed by atoms with Gasteiger partial charge in [0.25, 0.3) is 0 Å². The van der Waals surface area contributed by atoms with Gasteiger partial charge in [0, 0.05) is 19.1 Å². The van der Waals surface area contributed by atoms with Gasteiger partial charge in [0.2, 0.25) is 5.91 Å². The second-order valence-electron chi connectivity index (χ2n) is 6.54. The Morgan fingerprint density at radius 1 is 1.47 bits per heavy atom. The summed E-state index contributed by atoms with van der Waals surface area (Å²) in [6.07, 6.45) is 2.32. The summed E-state index contributed by atoms with van der Waals surface area (Å²) >= 11 is 0. The molecule has 1 N–H and O–H groups in total. The molecule has 4 nitrogen and oxygen atoms in total. The average Bonchev–Trinajstić information content (AvgIpc) is 2.81. The van der Waals surface area contributed by atoms with Crippen molar-refractivity contribution in [2.45, 2.75) is 59.7 Å². The second-order valence-corrected chi connectivity index (χ2v) is 6.54. The first-order valence-corrected chi connectivity index (χ1v) is 7.34. The van der Waals surface area contributed by atoms with Crippen molar-refractivity contribution in [2.75, 3.05) is 19.8 Å². The minimum atomic E-state index is -0.0279. The molecule has 0 saturated carbocycles. The number of amides is 1. The standard InChI is InChI=1S/C15H29NO3/c1-6-11(2)19-10-13(17)16-9-12-7-8-18-14(12)15(3,4)5/h11-12,14H,6-10H2,1-5H3,(H,16,17)/t11-,12-,14+/m1/s1. The van der Waals surface area contributed by atoms with Crippen LogP contribution in [-0.2, 0) is 14.3 Å². The van der Waals surface area contributed by atoms with Gasteiger partial charge in [-0.3, -0.25) is 4.79 Å². The highest BCUT2D eigenvalue weighted by molar-refractivity contribution is 5.77. The Bertz CT molecular complexity index is 286. The molecule has 0 unspecified atom stereocenters. The van der Waals surface area contributed by atoms with Crippen LogP contribution in [0.1, 0.15) is 47.5 Å². The topological polar surface area (TPSA) is 47.6 Å². The summed E-state index contributed by atoms with van der Waals surface area (Å²) < 4.78 is 11.2. The van der Waals surface area contributed by atoms with Crippen LogP contribution in [0.4, 0.5) is 0 Å². The zero-order valence-corrected chi connectivity index (χ0v) is 13.0. The molecule has 1 heterocycles. The first-order valence-electron chi connectivity index (χ1n) is 7.34. The molecule has 1 amide bonds. The zero-order chi connectivity index (χ0) is 14.5. The lowest BCUT2D eigenvalue weighted by atomic mass is 9.81. The maximum atomic E-state index is 11.7. The summed E-state index contributed by atoms with van der Waals surface area (Å²) in [4.78, 5) is 11.7. The zero-order valence-electron chi connectivity index (χ0n) is 13.0. The molecule has 0 aromatic rings. The highest BCUT2D eigenvalue weighted by Crippen LogP contribution is 2.34. The Balaban J connectivity index is 2.30. The molecule has 0 radical (unpaired) electrons. The Morgan fingerprint density at radius 2 is 2.16 bits per heavy atom. The summed E-state index contributed by atoms with van der Waals surface area (Å²) in [6.45, 7) is 12.2. The SMILES string of the molecule is CC[C@@H](C)OCC(=O)NC[C@H]1CCO[C@@H]1C(C)(C)C. The van der Waals surface area contributed by atoms with Gasteiger partial charge in [0.05, 0.1) is 12.2 Å². The highest BCUT2D eigenvalue weighted by atomic mass is 16.5. The number of hydrogen-bond donors (Lipinski definition) is 1. The van der Waals surface area contributed by atoms with E-state index in [9.17, 15) is 4.79 Å². The van der Waals surface area contributed by atoms with Crippen molar-refractivity contribution in [1.29, 1.82) is 0 Å². The Kier molecular flexibility index (Phi) is 6.27. The van der Waals surface area contributed by atoms with Crippen LogP contribution in [0.15, 0.2) is 0 Å². The van der Waals surface area contributed by atoms with Gasteiger partial charge in [-0.1, -0.05) is 27.7 Å². The number of carbonyl (C=O) groups excluding carboxylic acids is 1. The molecule has 19 heavy (non-hydrogen) atoms. The summed E-state index contributed by atoms with van der Waals surface area (Å²) in [6, 6.07) is 0. The molecule has 1 aliphatic rings. The van der Waals surface area contributed by atoms with E-state index in [1.807, 2.05) is 13.8 Å². The molecule has 112 valence electrons. The third-order valence-electron chi connectivity index (χ3n) is 3.70. The summed E-state index contributed by atoms with van der Waals surface area (Å²) in [5, 5.41) is 2.96. The highest BCUT2D eigenvalue weighted by Gasteiger charge is 2.37. The molecule has 0 aliphatic carbocycles. The van der Waals surface area contributed by atoms with Crippen LogP contribution in [0, 0.1) is 11.3 Å². The molecule has 3 atom stereocenters. The van der Waals surface area contributed by atoms with Gasteiger partial charge in [0.1, 0.15) is 6.61 Å². The first kappa shape index (κ1) is 16.4. The molecule has 0 aromatic heterocycles. The maximum absolute atomic E-state index is 11.7. The fourth-order valence-corrected chi connectivity index (χ4v) is 2.43. The van der Waals surface area contributed by atoms with Crippen LogP contribution in [0.3, 0.4) is 0 Å². The minimum absolute atomic E-state index is 0.0279. The third-order valence-corrected chi connectivity index (χ3v) is 3.70. The molecule has 4 heteroatoms. The van der Waals surface area contributed by atoms with E-state index in [1.165, 1.54) is 0 Å². The monoisotopic (exact) mass is 271 g/mol. The fraction of sp³-hybridized carbons (Fsp3) is 0.933. The van der Waals surface area contributed by atoms with Crippen LogP contribution in [0.2, 0.25) is 0 Å². The van der Waals surface area contributed by atoms with Crippen molar-refractivity contribution in [2.24, 2.45) is 11.3 Å². The van der Waals surface area contributed by atoms with Gasteiger partial charge < -0.3 is 14.8 Å². The quantitative estimate of drug-likeness (QED) is 0.807. The molecule has 0 bridgehead atoms. The molecule has 1 saturated heterocycles. The summed E-state index contributed by atoms with van der Waals surface area (Å²) in [7, 11) is 0. The van der Waals surface area contributed by atoms with Crippen LogP contribution >= 0.6 is 0 Å². The van der Waals surface area contributed by atoms with Crippen molar-refractivity contribution in [3.05, 3.63) is 0 Å². The predicted molar refractivity (Wildman–Crippen MR) is 76.0 cm³/mol. The molecule has 0 aromatic carbocycles. The number of ether oxygens (including phenoxy) is 2. The van der Waals surface area contributed by atoms with Crippen LogP contribution < -0.4 is 5.32 Å². The largest absolute Gasteiger partial charge is 0.377 e. The number of rotatable bonds is 6. The van der Waals surface area contributed by atoms with E-state index < -0.39 is 0 Å². The number of nitrogens with one attached hydrogen (secondary N) is 1. The van der Waals surface area contributed by atoms with Crippen molar-refractivity contribution in [3.8, 4) is 0 Å². The molecule has 1 aliphatic heterocycles. The number of hydrogen-bond acceptors (Lipinski definition) is 3. The van der Waals surface area contributed by atoms with Crippen LogP contribution in [0.5, 0.6) is 0 Å². The molecule has 0 spiro atoms. The van der Waals surface area contributed by atoms with E-state index in [0.29, 0.717) is 12.5 Å². The van der Waals surface area contributed by atoms with Crippen molar-refractivity contribution in [1.82, 2.24) is 5.32 Å². The van der Waals surface area contributed by atoms with Gasteiger partial charge >= 0.3 is 0 Å². The van der Waals surface area contributed by atoms with Gasteiger partial charge in [-0.2, -0.15) is 0 Å². The van der Waals surface area contributed by atoms with Gasteiger partial charge in [-0.25, -0.2) is 0 Å². The van der Waals surface area contributed by atoms with E-state index >= 15 is 0 Å². The van der Waals surface area contributed by atoms with E-state index in [0.717, 1.165) is 19.4 Å². The Labute approximate surface area is 117 Å². The average molecular weight is 271 g/mol. The van der Waals surface area contributed by atoms with Crippen LogP contribution in [0.25, 0.3) is 0 Å². The van der Waals surface area contributed by atoms with Gasteiger partial charge in [-0.15, -0.1) is 0 Å². The molecular weight excluding hydrogens is 242 g/mol. The fourth-order valence-electron chi connectivity index (χ4n) is 2.43. The smallest absolute Gasteiger partial charge is 0.246 e. The van der Waals surface area contributed by atoms with Gasteiger partial charge in [0.15, 0.2) is 0 Å². The lowest BCUT2D eigenvalue weighted by Gasteiger charge is -2.31. The van der Waals surface area contributed by atoms with Crippen molar-refractivity contribution >= 4 is 5.91 Å². The van der Waals surface area contributed by atoms with Gasteiger partial charge in [-0.05, 0) is 25.2 Å². The minimum Gasteiger partial charge on any atom is -0.377 e. The Morgan fingerprint density at radius 3 is 2.74 bits per heavy atom. The lowest BCUT2D eigenvalue weighted by molar-refractivity contribution is -0.127. The normalized spacial score (nSPS) is 25.3. The Hall–Kier alpha value is -0.610. The third kappa shape index (κ3) is 5.49. The van der Waals surface area contributed by atoms with E-state index in [4.69, 9.17) is 9.47 Å². The van der Waals surface area contributed by atoms with E-state index in [1.54, 1.807) is 0 Å². The van der Waals surface area contributed by atoms with Crippen molar-refractivity contribution < 1.29 is 14.3 Å². The first-order chi connectivity index (χ1) is 8.84. The molecule has 1 fully saturated rings. The van der Waals surface area contributed by atoms with Crippen LogP contribution in [-0.4, -0.2) is 37.9 Å². The predicted octanol–water partition coefficient (Wildman–Crippen LogP) is 2.37. The lowest BCUT2D eigenvalue weighted by Crippen LogP contribution is -2.40. The summed E-state index contributed by atoms with van der Waals surface area (Å²) in [5.74, 6) is 0.382. The van der Waals surface area contributed by atoms with E-state index in [2.05, 4.69) is 26.1 Å². The second kappa shape index (κ2) is 7.25. The van der Waals surface area contributed by atoms with E-state index in [-0.39, 0.29) is 30.1 Å². The number of carbonyl (C=O) groups is 1.